The normalized spacial score (nSPS) is 14.4. The second-order valence-corrected chi connectivity index (χ2v) is 8.92. The number of carbonyl (C=O) groups excluding carboxylic acids is 1. The van der Waals surface area contributed by atoms with Crippen LogP contribution < -0.4 is 9.47 Å². The monoisotopic (exact) mass is 475 g/mol. The molecule has 0 saturated carbocycles. The molecule has 1 saturated heterocycles. The summed E-state index contributed by atoms with van der Waals surface area (Å²) in [6.07, 6.45) is 1.76. The minimum Gasteiger partial charge on any atom is -0.493 e. The van der Waals surface area contributed by atoms with E-state index < -0.39 is 0 Å². The Kier molecular flexibility index (Phi) is 6.41. The third kappa shape index (κ3) is 4.73. The third-order valence-electron chi connectivity index (χ3n) is 6.29. The molecule has 0 unspecified atom stereocenters. The number of hydrogen-bond acceptors (Lipinski definition) is 4. The summed E-state index contributed by atoms with van der Waals surface area (Å²) >= 11 is 5.94. The highest BCUT2D eigenvalue weighted by atomic mass is 35.5. The molecule has 3 aromatic carbocycles. The van der Waals surface area contributed by atoms with Crippen LogP contribution in [0.3, 0.4) is 0 Å². The average molecular weight is 476 g/mol. The van der Waals surface area contributed by atoms with Crippen molar-refractivity contribution in [2.24, 2.45) is 0 Å². The number of para-hydroxylation sites is 2. The van der Waals surface area contributed by atoms with Gasteiger partial charge >= 0.3 is 0 Å². The predicted octanol–water partition coefficient (Wildman–Crippen LogP) is 5.82. The van der Waals surface area contributed by atoms with Crippen LogP contribution in [0.2, 0.25) is 5.02 Å². The number of aromatic amines is 1. The zero-order chi connectivity index (χ0) is 23.5. The first-order valence-corrected chi connectivity index (χ1v) is 11.8. The summed E-state index contributed by atoms with van der Waals surface area (Å²) in [5.41, 5.74) is 3.64. The van der Waals surface area contributed by atoms with Crippen LogP contribution in [0.15, 0.2) is 66.7 Å². The topological polar surface area (TPSA) is 67.5 Å². The fourth-order valence-corrected chi connectivity index (χ4v) is 4.49. The Bertz CT molecular complexity index is 1260. The molecule has 1 N–H and O–H groups in total. The molecule has 0 spiro atoms. The van der Waals surface area contributed by atoms with E-state index in [9.17, 15) is 4.79 Å². The summed E-state index contributed by atoms with van der Waals surface area (Å²) in [6, 6.07) is 20.9. The van der Waals surface area contributed by atoms with E-state index in [1.165, 1.54) is 0 Å². The fourth-order valence-electron chi connectivity index (χ4n) is 4.37. The van der Waals surface area contributed by atoms with Gasteiger partial charge in [-0.15, -0.1) is 0 Å². The molecule has 1 aliphatic heterocycles. The van der Waals surface area contributed by atoms with Crippen molar-refractivity contribution in [1.82, 2.24) is 14.9 Å². The van der Waals surface area contributed by atoms with Gasteiger partial charge in [0.1, 0.15) is 12.4 Å². The van der Waals surface area contributed by atoms with E-state index in [1.54, 1.807) is 25.3 Å². The molecule has 0 radical (unpaired) electrons. The highest BCUT2D eigenvalue weighted by molar-refractivity contribution is 6.30. The number of H-pyrrole nitrogens is 1. The van der Waals surface area contributed by atoms with E-state index in [1.807, 2.05) is 53.4 Å². The molecule has 4 aromatic rings. The van der Waals surface area contributed by atoms with Crippen LogP contribution in [-0.2, 0) is 6.61 Å². The lowest BCUT2D eigenvalue weighted by Crippen LogP contribution is -2.38. The van der Waals surface area contributed by atoms with Gasteiger partial charge in [0.25, 0.3) is 5.91 Å². The number of likely N-dealkylation sites (tertiary alicyclic amines) is 1. The maximum Gasteiger partial charge on any atom is 0.253 e. The number of ether oxygens (including phenoxy) is 2. The minimum atomic E-state index is 0.00519. The molecule has 5 rings (SSSR count). The van der Waals surface area contributed by atoms with Crippen molar-refractivity contribution in [3.8, 4) is 11.5 Å². The molecule has 6 nitrogen and oxygen atoms in total. The van der Waals surface area contributed by atoms with E-state index in [0.29, 0.717) is 47.7 Å². The van der Waals surface area contributed by atoms with Crippen LogP contribution in [0, 0.1) is 0 Å². The number of nitrogens with one attached hydrogen (secondary N) is 1. The Morgan fingerprint density at radius 1 is 1.06 bits per heavy atom. The van der Waals surface area contributed by atoms with Crippen molar-refractivity contribution < 1.29 is 14.3 Å². The van der Waals surface area contributed by atoms with Gasteiger partial charge in [-0.25, -0.2) is 4.98 Å². The van der Waals surface area contributed by atoms with E-state index in [4.69, 9.17) is 26.1 Å². The minimum absolute atomic E-state index is 0.00519. The molecule has 1 amide bonds. The van der Waals surface area contributed by atoms with Gasteiger partial charge in [-0.2, -0.15) is 0 Å². The van der Waals surface area contributed by atoms with Gasteiger partial charge in [-0.3, -0.25) is 4.79 Å². The molecule has 174 valence electrons. The molecule has 34 heavy (non-hydrogen) atoms. The molecule has 1 aliphatic rings. The maximum atomic E-state index is 13.2. The van der Waals surface area contributed by atoms with Crippen molar-refractivity contribution >= 4 is 28.5 Å². The quantitative estimate of drug-likeness (QED) is 0.381. The molecule has 0 bridgehead atoms. The van der Waals surface area contributed by atoms with Crippen molar-refractivity contribution in [1.29, 1.82) is 0 Å². The third-order valence-corrected chi connectivity index (χ3v) is 6.55. The van der Waals surface area contributed by atoms with Gasteiger partial charge < -0.3 is 19.4 Å². The van der Waals surface area contributed by atoms with Gasteiger partial charge in [-0.1, -0.05) is 35.9 Å². The van der Waals surface area contributed by atoms with Crippen LogP contribution in [0.5, 0.6) is 11.5 Å². The number of rotatable bonds is 6. The van der Waals surface area contributed by atoms with Crippen LogP contribution in [0.1, 0.15) is 40.5 Å². The van der Waals surface area contributed by atoms with E-state index in [2.05, 4.69) is 4.98 Å². The highest BCUT2D eigenvalue weighted by Gasteiger charge is 2.27. The Balaban J connectivity index is 1.22. The summed E-state index contributed by atoms with van der Waals surface area (Å²) in [5, 5.41) is 0.686. The molecule has 1 aromatic heterocycles. The molecular weight excluding hydrogens is 450 g/mol. The number of carbonyl (C=O) groups is 1. The molecule has 1 fully saturated rings. The van der Waals surface area contributed by atoms with Crippen molar-refractivity contribution in [3.63, 3.8) is 0 Å². The number of halogens is 1. The summed E-state index contributed by atoms with van der Waals surface area (Å²) in [5.74, 6) is 2.48. The molecule has 0 aliphatic carbocycles. The number of amides is 1. The first kappa shape index (κ1) is 22.3. The largest absolute Gasteiger partial charge is 0.493 e. The number of aromatic nitrogens is 2. The number of piperidine rings is 1. The molecule has 2 heterocycles. The Morgan fingerprint density at radius 2 is 1.82 bits per heavy atom. The number of imidazole rings is 1. The lowest BCUT2D eigenvalue weighted by atomic mass is 9.95. The lowest BCUT2D eigenvalue weighted by Gasteiger charge is -2.31. The van der Waals surface area contributed by atoms with Gasteiger partial charge in [0, 0.05) is 29.6 Å². The van der Waals surface area contributed by atoms with Gasteiger partial charge in [0.2, 0.25) is 0 Å². The first-order valence-electron chi connectivity index (χ1n) is 11.4. The second-order valence-electron chi connectivity index (χ2n) is 8.49. The summed E-state index contributed by atoms with van der Waals surface area (Å²) in [6.45, 7) is 1.77. The molecule has 7 heteroatoms. The fraction of sp³-hybridized carbons (Fsp3) is 0.259. The van der Waals surface area contributed by atoms with E-state index in [-0.39, 0.29) is 5.91 Å². The Hall–Kier alpha value is -3.51. The van der Waals surface area contributed by atoms with Crippen molar-refractivity contribution in [2.45, 2.75) is 25.4 Å². The van der Waals surface area contributed by atoms with Gasteiger partial charge in [-0.05, 0) is 60.9 Å². The number of hydrogen-bond donors (Lipinski definition) is 1. The van der Waals surface area contributed by atoms with Crippen molar-refractivity contribution in [3.05, 3.63) is 88.7 Å². The second kappa shape index (κ2) is 9.77. The van der Waals surface area contributed by atoms with E-state index in [0.717, 1.165) is 35.3 Å². The average Bonchev–Trinajstić information content (AvgIpc) is 3.32. The van der Waals surface area contributed by atoms with E-state index >= 15 is 0 Å². The standard InChI is InChI=1S/C27H26ClN3O3/c1-33-25-16-20(8-11-24(25)34-17-18-6-9-21(28)10-7-18)27(32)31-14-12-19(13-15-31)26-29-22-4-2-3-5-23(22)30-26/h2-11,16,19H,12-15,17H2,1H3,(H,29,30). The zero-order valence-corrected chi connectivity index (χ0v) is 19.7. The number of methoxy groups -OCH3 is 1. The molecule has 0 atom stereocenters. The van der Waals surface area contributed by atoms with Crippen molar-refractivity contribution in [2.75, 3.05) is 20.2 Å². The summed E-state index contributed by atoms with van der Waals surface area (Å²) in [4.78, 5) is 23.3. The molecular formula is C27H26ClN3O3. The van der Waals surface area contributed by atoms with Gasteiger partial charge in [0.15, 0.2) is 11.5 Å². The van der Waals surface area contributed by atoms with Crippen LogP contribution in [0.25, 0.3) is 11.0 Å². The maximum absolute atomic E-state index is 13.2. The summed E-state index contributed by atoms with van der Waals surface area (Å²) in [7, 11) is 1.58. The van der Waals surface area contributed by atoms with Crippen LogP contribution in [-0.4, -0.2) is 41.0 Å². The SMILES string of the molecule is COc1cc(C(=O)N2CCC(c3nc4ccccc4[nH]3)CC2)ccc1OCc1ccc(Cl)cc1. The van der Waals surface area contributed by atoms with Crippen LogP contribution >= 0.6 is 11.6 Å². The smallest absolute Gasteiger partial charge is 0.253 e. The number of fused-ring (bicyclic) bond motifs is 1. The lowest BCUT2D eigenvalue weighted by molar-refractivity contribution is 0.0711. The predicted molar refractivity (Wildman–Crippen MR) is 133 cm³/mol. The Labute approximate surface area is 203 Å². The van der Waals surface area contributed by atoms with Gasteiger partial charge in [0.05, 0.1) is 18.1 Å². The van der Waals surface area contributed by atoms with Crippen LogP contribution in [0.4, 0.5) is 0 Å². The zero-order valence-electron chi connectivity index (χ0n) is 19.0. The summed E-state index contributed by atoms with van der Waals surface area (Å²) < 4.78 is 11.4. The highest BCUT2D eigenvalue weighted by Crippen LogP contribution is 2.32. The first-order chi connectivity index (χ1) is 16.6. The number of nitrogens with zero attached hydrogens (tertiary/aromatic N) is 2. The Morgan fingerprint density at radius 3 is 2.56 bits per heavy atom. The number of benzene rings is 3.